The van der Waals surface area contributed by atoms with Gasteiger partial charge in [0.15, 0.2) is 0 Å². The van der Waals surface area contributed by atoms with Gasteiger partial charge in [-0.3, -0.25) is 10.9 Å². The lowest BCUT2D eigenvalue weighted by Gasteiger charge is -2.25. The van der Waals surface area contributed by atoms with Crippen molar-refractivity contribution in [1.29, 1.82) is 0 Å². The van der Waals surface area contributed by atoms with Crippen LogP contribution in [0.25, 0.3) is 0 Å². The Morgan fingerprint density at radius 1 is 0.576 bits per heavy atom. The highest BCUT2D eigenvalue weighted by molar-refractivity contribution is 5.21. The Morgan fingerprint density at radius 2 is 1.00 bits per heavy atom. The van der Waals surface area contributed by atoms with Crippen LogP contribution in [0, 0.1) is 0 Å². The van der Waals surface area contributed by atoms with E-state index >= 15 is 0 Å². The fourth-order valence-corrected chi connectivity index (χ4v) is 4.59. The molecule has 0 aromatic heterocycles. The van der Waals surface area contributed by atoms with Gasteiger partial charge >= 0.3 is 0 Å². The fourth-order valence-electron chi connectivity index (χ4n) is 4.59. The molecule has 0 radical (unpaired) electrons. The molecule has 0 heterocycles. The van der Waals surface area contributed by atoms with Crippen molar-refractivity contribution in [3.63, 3.8) is 0 Å². The first kappa shape index (κ1) is 27.5. The summed E-state index contributed by atoms with van der Waals surface area (Å²) < 4.78 is 0. The number of hydrogen-bond donors (Lipinski definition) is 2. The predicted octanol–water partition coefficient (Wildman–Crippen LogP) is 5.50. The third kappa shape index (κ3) is 10.4. The van der Waals surface area contributed by atoms with Gasteiger partial charge in [0.25, 0.3) is 0 Å². The molecule has 2 N–H and O–H groups in total. The van der Waals surface area contributed by atoms with Crippen molar-refractivity contribution in [2.24, 2.45) is 0 Å². The summed E-state index contributed by atoms with van der Waals surface area (Å²) in [7, 11) is 0. The van der Waals surface area contributed by atoms with E-state index in [1.165, 1.54) is 36.9 Å². The van der Waals surface area contributed by atoms with Crippen molar-refractivity contribution >= 4 is 0 Å². The highest BCUT2D eigenvalue weighted by Gasteiger charge is 2.15. The average Bonchev–Trinajstić information content (AvgIpc) is 2.88. The Kier molecular flexibility index (Phi) is 14.0. The molecule has 0 saturated heterocycles. The van der Waals surface area contributed by atoms with E-state index in [1.807, 2.05) is 0 Å². The Balaban J connectivity index is 1.89. The number of hydrazine groups is 1. The lowest BCUT2D eigenvalue weighted by Crippen LogP contribution is -2.39. The second-order valence-electron chi connectivity index (χ2n) is 8.96. The monoisotopic (exact) mass is 452 g/mol. The van der Waals surface area contributed by atoms with Crippen molar-refractivity contribution in [2.45, 2.75) is 58.8 Å². The first-order chi connectivity index (χ1) is 16.2. The van der Waals surface area contributed by atoms with Crippen molar-refractivity contribution in [2.75, 3.05) is 52.4 Å². The molecule has 0 fully saturated rings. The quantitative estimate of drug-likeness (QED) is 0.231. The number of hydrogen-bond acceptors (Lipinski definition) is 4. The summed E-state index contributed by atoms with van der Waals surface area (Å²) in [6.45, 7) is 17.8. The molecule has 0 aliphatic heterocycles. The Hall–Kier alpha value is -1.72. The van der Waals surface area contributed by atoms with Crippen LogP contribution < -0.4 is 10.9 Å². The van der Waals surface area contributed by atoms with Gasteiger partial charge in [-0.2, -0.15) is 0 Å². The number of nitrogens with zero attached hydrogens (tertiary/aromatic N) is 2. The summed E-state index contributed by atoms with van der Waals surface area (Å²) in [6, 6.07) is 22.0. The molecule has 4 nitrogen and oxygen atoms in total. The minimum absolute atomic E-state index is 0.511. The third-order valence-corrected chi connectivity index (χ3v) is 6.97. The summed E-state index contributed by atoms with van der Waals surface area (Å²) in [5, 5.41) is 0. The van der Waals surface area contributed by atoms with Gasteiger partial charge in [0.1, 0.15) is 0 Å². The molecule has 0 bridgehead atoms. The van der Waals surface area contributed by atoms with Crippen LogP contribution in [0.4, 0.5) is 0 Å². The molecular formula is C29H48N4. The van der Waals surface area contributed by atoms with Gasteiger partial charge in [-0.05, 0) is 81.5 Å². The Labute approximate surface area is 203 Å². The lowest BCUT2D eigenvalue weighted by molar-refractivity contribution is 0.284. The van der Waals surface area contributed by atoms with Gasteiger partial charge < -0.3 is 9.80 Å². The molecular weight excluding hydrogens is 404 g/mol. The normalized spacial score (nSPS) is 13.5. The topological polar surface area (TPSA) is 30.5 Å². The Bertz CT molecular complexity index is 698. The van der Waals surface area contributed by atoms with Gasteiger partial charge in [0.2, 0.25) is 0 Å². The van der Waals surface area contributed by atoms with Gasteiger partial charge in [0.05, 0.1) is 0 Å². The second kappa shape index (κ2) is 16.8. The molecule has 2 rings (SSSR count). The molecule has 0 amide bonds. The van der Waals surface area contributed by atoms with E-state index in [0.29, 0.717) is 11.8 Å². The zero-order valence-electron chi connectivity index (χ0n) is 21.6. The van der Waals surface area contributed by atoms with E-state index in [9.17, 15) is 0 Å². The van der Waals surface area contributed by atoms with Crippen LogP contribution in [0.5, 0.6) is 0 Å². The summed E-state index contributed by atoms with van der Waals surface area (Å²) in [5.41, 5.74) is 10.0. The van der Waals surface area contributed by atoms with Crippen LogP contribution in [0.1, 0.15) is 69.9 Å². The minimum atomic E-state index is 0.511. The zero-order valence-corrected chi connectivity index (χ0v) is 21.6. The summed E-state index contributed by atoms with van der Waals surface area (Å²) in [5.74, 6) is 1.04. The molecule has 4 heteroatoms. The van der Waals surface area contributed by atoms with Gasteiger partial charge in [0, 0.05) is 13.1 Å². The zero-order chi connectivity index (χ0) is 23.7. The van der Waals surface area contributed by atoms with E-state index in [2.05, 4.69) is 109 Å². The highest BCUT2D eigenvalue weighted by atomic mass is 15.3. The SMILES string of the molecule is CCN(CC)CCCC(CNNCC(CCN(CC)CC)c1ccccc1)c1ccccc1. The van der Waals surface area contributed by atoms with E-state index < -0.39 is 0 Å². The first-order valence-corrected chi connectivity index (χ1v) is 13.2. The van der Waals surface area contributed by atoms with Crippen LogP contribution in [0.3, 0.4) is 0 Å². The second-order valence-corrected chi connectivity index (χ2v) is 8.96. The van der Waals surface area contributed by atoms with Crippen LogP contribution in [0.2, 0.25) is 0 Å². The van der Waals surface area contributed by atoms with Crippen molar-refractivity contribution in [1.82, 2.24) is 20.7 Å². The molecule has 33 heavy (non-hydrogen) atoms. The van der Waals surface area contributed by atoms with Crippen LogP contribution in [-0.4, -0.2) is 62.2 Å². The summed E-state index contributed by atoms with van der Waals surface area (Å²) in [6.07, 6.45) is 3.62. The molecule has 0 aliphatic rings. The maximum atomic E-state index is 3.59. The van der Waals surface area contributed by atoms with Crippen molar-refractivity contribution in [3.05, 3.63) is 71.8 Å². The maximum Gasteiger partial charge on any atom is 0.0169 e. The summed E-state index contributed by atoms with van der Waals surface area (Å²) in [4.78, 5) is 5.04. The third-order valence-electron chi connectivity index (χ3n) is 6.97. The summed E-state index contributed by atoms with van der Waals surface area (Å²) >= 11 is 0. The van der Waals surface area contributed by atoms with E-state index in [4.69, 9.17) is 0 Å². The molecule has 0 spiro atoms. The molecule has 2 unspecified atom stereocenters. The number of benzene rings is 2. The average molecular weight is 453 g/mol. The lowest BCUT2D eigenvalue weighted by atomic mass is 9.94. The van der Waals surface area contributed by atoms with Crippen molar-refractivity contribution in [3.8, 4) is 0 Å². The van der Waals surface area contributed by atoms with Crippen LogP contribution in [0.15, 0.2) is 60.7 Å². The molecule has 0 aliphatic carbocycles. The largest absolute Gasteiger partial charge is 0.304 e. The predicted molar refractivity (Wildman–Crippen MR) is 144 cm³/mol. The molecule has 2 aromatic rings. The van der Waals surface area contributed by atoms with E-state index in [-0.39, 0.29) is 0 Å². The standard InChI is InChI=1S/C29H48N4/c1-5-32(6-2)22-15-20-28(26-16-11-9-12-17-26)24-30-31-25-29(21-23-33(7-3)8-4)27-18-13-10-14-19-27/h9-14,16-19,28-31H,5-8,15,20-25H2,1-4H3. The minimum Gasteiger partial charge on any atom is -0.304 e. The van der Waals surface area contributed by atoms with Gasteiger partial charge in [-0.1, -0.05) is 88.4 Å². The van der Waals surface area contributed by atoms with E-state index in [0.717, 1.165) is 45.8 Å². The molecule has 2 aromatic carbocycles. The van der Waals surface area contributed by atoms with E-state index in [1.54, 1.807) is 0 Å². The number of nitrogens with one attached hydrogen (secondary N) is 2. The smallest absolute Gasteiger partial charge is 0.0169 e. The number of rotatable bonds is 18. The van der Waals surface area contributed by atoms with Crippen molar-refractivity contribution < 1.29 is 0 Å². The maximum absolute atomic E-state index is 3.59. The Morgan fingerprint density at radius 3 is 1.45 bits per heavy atom. The van der Waals surface area contributed by atoms with Gasteiger partial charge in [-0.15, -0.1) is 0 Å². The molecule has 2 atom stereocenters. The molecule has 0 saturated carbocycles. The van der Waals surface area contributed by atoms with Crippen LogP contribution in [-0.2, 0) is 0 Å². The molecule has 184 valence electrons. The highest BCUT2D eigenvalue weighted by Crippen LogP contribution is 2.21. The fraction of sp³-hybridized carbons (Fsp3) is 0.586. The first-order valence-electron chi connectivity index (χ1n) is 13.2. The van der Waals surface area contributed by atoms with Gasteiger partial charge in [-0.25, -0.2) is 0 Å². The van der Waals surface area contributed by atoms with Crippen LogP contribution >= 0.6 is 0 Å².